The van der Waals surface area contributed by atoms with E-state index in [1.807, 2.05) is 0 Å². The van der Waals surface area contributed by atoms with E-state index in [-0.39, 0.29) is 34.6 Å². The van der Waals surface area contributed by atoms with Crippen molar-refractivity contribution in [3.63, 3.8) is 0 Å². The first kappa shape index (κ1) is 20.8. The molecule has 1 unspecified atom stereocenters. The fourth-order valence-corrected chi connectivity index (χ4v) is 5.01. The van der Waals surface area contributed by atoms with Crippen LogP contribution >= 0.6 is 33.0 Å². The van der Waals surface area contributed by atoms with Crippen molar-refractivity contribution in [1.82, 2.24) is 0 Å². The monoisotopic (exact) mass is 384 g/mol. The van der Waals surface area contributed by atoms with Gasteiger partial charge in [0.05, 0.1) is 10.6 Å². The molecule has 0 saturated heterocycles. The molecular weight excluding hydrogens is 378 g/mol. The topological polar surface area (TPSA) is 57.2 Å². The van der Waals surface area contributed by atoms with Crippen molar-refractivity contribution in [2.75, 3.05) is 5.75 Å². The molecular formula is C8H7Cl2F4NaO3S2. The maximum atomic E-state index is 13.7. The van der Waals surface area contributed by atoms with Gasteiger partial charge in [0, 0.05) is 5.02 Å². The van der Waals surface area contributed by atoms with Crippen LogP contribution in [0.15, 0.2) is 29.2 Å². The first-order valence-corrected chi connectivity index (χ1v) is 8.99. The van der Waals surface area contributed by atoms with Crippen molar-refractivity contribution in [2.45, 2.75) is 9.60 Å². The molecule has 0 saturated carbocycles. The second kappa shape index (κ2) is 5.45. The average molecular weight is 385 g/mol. The minimum Gasteiger partial charge on any atom is -0.747 e. The molecule has 0 fully saturated rings. The predicted octanol–water partition coefficient (Wildman–Crippen LogP) is 1.23. The van der Waals surface area contributed by atoms with Crippen molar-refractivity contribution in [3.8, 4) is 0 Å². The fourth-order valence-electron chi connectivity index (χ4n) is 1.18. The fraction of sp³-hybridized carbons (Fsp3) is 0.250. The van der Waals surface area contributed by atoms with Gasteiger partial charge in [-0.05, 0) is 24.3 Å². The van der Waals surface area contributed by atoms with Gasteiger partial charge in [-0.3, -0.25) is 0 Å². The van der Waals surface area contributed by atoms with Crippen LogP contribution in [0.1, 0.15) is 0 Å². The largest absolute Gasteiger partial charge is 1.00 e. The molecule has 0 radical (unpaired) electrons. The summed E-state index contributed by atoms with van der Waals surface area (Å²) in [5.41, 5.74) is 0. The van der Waals surface area contributed by atoms with E-state index in [9.17, 15) is 28.5 Å². The van der Waals surface area contributed by atoms with E-state index in [0.717, 1.165) is 12.1 Å². The SMILES string of the molecule is O=S(=O)([O-])C(Cl)CS(F)(F)(F)(F)c1ccc(Cl)cc1.[Na+]. The molecule has 0 spiro atoms. The van der Waals surface area contributed by atoms with Crippen molar-refractivity contribution in [2.24, 2.45) is 0 Å². The number of halogens is 6. The Morgan fingerprint density at radius 1 is 1.15 bits per heavy atom. The maximum Gasteiger partial charge on any atom is 1.00 e. The number of rotatable bonds is 4. The maximum absolute atomic E-state index is 13.7. The van der Waals surface area contributed by atoms with Gasteiger partial charge in [-0.25, -0.2) is 8.42 Å². The zero-order valence-electron chi connectivity index (χ0n) is 9.90. The first-order valence-electron chi connectivity index (χ1n) is 4.48. The molecule has 0 amide bonds. The Morgan fingerprint density at radius 3 is 1.90 bits per heavy atom. The zero-order valence-corrected chi connectivity index (χ0v) is 15.0. The predicted molar refractivity (Wildman–Crippen MR) is 65.9 cm³/mol. The molecule has 20 heavy (non-hydrogen) atoms. The van der Waals surface area contributed by atoms with E-state index in [1.54, 1.807) is 0 Å². The molecule has 1 aromatic rings. The number of alkyl halides is 1. The van der Waals surface area contributed by atoms with Gasteiger partial charge < -0.3 is 4.55 Å². The molecule has 1 rings (SSSR count). The average Bonchev–Trinajstić information content (AvgIpc) is 2.13. The van der Waals surface area contributed by atoms with E-state index in [0.29, 0.717) is 12.1 Å². The van der Waals surface area contributed by atoms with Crippen LogP contribution < -0.4 is 29.6 Å². The Kier molecular flexibility index (Phi) is 5.66. The van der Waals surface area contributed by atoms with Crippen molar-refractivity contribution >= 4 is 43.2 Å². The Balaban J connectivity index is 0.00000361. The number of hydrogen-bond donors (Lipinski definition) is 0. The molecule has 1 aromatic carbocycles. The third-order valence-corrected chi connectivity index (χ3v) is 6.69. The van der Waals surface area contributed by atoms with Crippen LogP contribution in [0.2, 0.25) is 5.02 Å². The van der Waals surface area contributed by atoms with Gasteiger partial charge in [0.15, 0.2) is 9.84 Å². The summed E-state index contributed by atoms with van der Waals surface area (Å²) in [5.74, 6) is -2.56. The molecule has 12 heteroatoms. The van der Waals surface area contributed by atoms with Crippen LogP contribution in [-0.2, 0) is 10.1 Å². The normalized spacial score (nSPS) is 17.6. The van der Waals surface area contributed by atoms with Crippen LogP contribution in [-0.4, -0.2) is 23.4 Å². The summed E-state index contributed by atoms with van der Waals surface area (Å²) >= 11 is 10.2. The number of benzene rings is 1. The molecule has 0 N–H and O–H groups in total. The summed E-state index contributed by atoms with van der Waals surface area (Å²) in [5, 5.41) is -0.0592. The summed E-state index contributed by atoms with van der Waals surface area (Å²) in [4.78, 5) is -1.70. The van der Waals surface area contributed by atoms with Crippen molar-refractivity contribution in [3.05, 3.63) is 29.3 Å². The van der Waals surface area contributed by atoms with Crippen molar-refractivity contribution < 1.29 is 58.1 Å². The molecule has 0 aliphatic heterocycles. The van der Waals surface area contributed by atoms with Crippen LogP contribution in [0.25, 0.3) is 0 Å². The molecule has 3 nitrogen and oxygen atoms in total. The van der Waals surface area contributed by atoms with Gasteiger partial charge in [0.2, 0.25) is 0 Å². The zero-order chi connectivity index (χ0) is 15.2. The standard InChI is InChI=1S/C8H8Cl2F4O3S2.Na/c9-6-1-3-7(4-2-6)19(11,12,13,14)5-8(10)18(15,16)17;/h1-4,8H,5H2,(H,15,16,17);/q;+1/p-1. The van der Waals surface area contributed by atoms with Crippen molar-refractivity contribution in [1.29, 1.82) is 0 Å². The second-order valence-corrected chi connectivity index (χ2v) is 9.82. The van der Waals surface area contributed by atoms with Crippen LogP contribution in [0.4, 0.5) is 15.5 Å². The quantitative estimate of drug-likeness (QED) is 0.339. The minimum absolute atomic E-state index is 0. The third-order valence-electron chi connectivity index (χ3n) is 2.12. The van der Waals surface area contributed by atoms with E-state index < -0.39 is 35.3 Å². The Bertz CT molecular complexity index is 602. The van der Waals surface area contributed by atoms with E-state index >= 15 is 0 Å². The van der Waals surface area contributed by atoms with Gasteiger partial charge in [-0.2, -0.15) is 0 Å². The van der Waals surface area contributed by atoms with Crippen LogP contribution in [0.3, 0.4) is 0 Å². The molecule has 0 aliphatic rings. The molecule has 0 heterocycles. The van der Waals surface area contributed by atoms with Gasteiger partial charge in [0.1, 0.15) is 14.8 Å². The summed E-state index contributed by atoms with van der Waals surface area (Å²) in [6, 6.07) is 2.32. The van der Waals surface area contributed by atoms with Crippen LogP contribution in [0, 0.1) is 0 Å². The summed E-state index contributed by atoms with van der Waals surface area (Å²) < 4.78 is 83.1. The summed E-state index contributed by atoms with van der Waals surface area (Å²) in [6.07, 6.45) is 0. The van der Waals surface area contributed by atoms with Gasteiger partial charge in [-0.1, -0.05) is 11.6 Å². The smallest absolute Gasteiger partial charge is 0.747 e. The summed E-state index contributed by atoms with van der Waals surface area (Å²) in [6.45, 7) is 0. The van der Waals surface area contributed by atoms with E-state index in [1.165, 1.54) is 0 Å². The Labute approximate surface area is 145 Å². The van der Waals surface area contributed by atoms with E-state index in [4.69, 9.17) is 23.2 Å². The Morgan fingerprint density at radius 2 is 1.55 bits per heavy atom. The molecule has 1 atom stereocenters. The van der Waals surface area contributed by atoms with Gasteiger partial charge >= 0.3 is 29.6 Å². The molecule has 0 bridgehead atoms. The Hall–Kier alpha value is 0.780. The molecule has 0 aliphatic carbocycles. The van der Waals surface area contributed by atoms with Gasteiger partial charge in [0.25, 0.3) is 0 Å². The third kappa shape index (κ3) is 5.20. The molecule has 112 valence electrons. The van der Waals surface area contributed by atoms with Gasteiger partial charge in [-0.15, -0.1) is 27.1 Å². The second-order valence-electron chi connectivity index (χ2n) is 3.76. The minimum atomic E-state index is -8.97. The first-order chi connectivity index (χ1) is 8.14. The number of hydrogen-bond acceptors (Lipinski definition) is 3. The molecule has 0 aromatic heterocycles. The van der Waals surface area contributed by atoms with Crippen LogP contribution in [0.5, 0.6) is 0 Å². The summed E-state index contributed by atoms with van der Waals surface area (Å²) in [7, 11) is -14.4. The van der Waals surface area contributed by atoms with E-state index in [2.05, 4.69) is 0 Å².